The van der Waals surface area contributed by atoms with E-state index in [9.17, 15) is 0 Å². The number of anilines is 1. The lowest BCUT2D eigenvalue weighted by Crippen LogP contribution is -1.96. The van der Waals surface area contributed by atoms with Crippen LogP contribution in [0.1, 0.15) is 0 Å². The third-order valence-corrected chi connectivity index (χ3v) is 2.69. The highest BCUT2D eigenvalue weighted by Crippen LogP contribution is 2.41. The predicted molar refractivity (Wildman–Crippen MR) is 71.1 cm³/mol. The number of ether oxygens (including phenoxy) is 3. The summed E-state index contributed by atoms with van der Waals surface area (Å²) >= 11 is 0. The van der Waals surface area contributed by atoms with Crippen LogP contribution in [-0.2, 0) is 0 Å². The highest BCUT2D eigenvalue weighted by molar-refractivity contribution is 5.76. The van der Waals surface area contributed by atoms with Crippen LogP contribution in [0.25, 0.3) is 11.3 Å². The van der Waals surface area contributed by atoms with E-state index >= 15 is 0 Å². The molecule has 0 unspecified atom stereocenters. The monoisotopic (exact) mass is 264 g/mol. The zero-order chi connectivity index (χ0) is 13.8. The molecule has 0 fully saturated rings. The molecule has 0 radical (unpaired) electrons. The Bertz CT molecular complexity index is 541. The lowest BCUT2D eigenvalue weighted by Gasteiger charge is -2.13. The van der Waals surface area contributed by atoms with Gasteiger partial charge in [0.1, 0.15) is 29.2 Å². The zero-order valence-electron chi connectivity index (χ0n) is 11.3. The van der Waals surface area contributed by atoms with Crippen LogP contribution in [0, 0.1) is 0 Å². The lowest BCUT2D eigenvalue weighted by molar-refractivity contribution is 0.377. The average molecular weight is 264 g/mol. The molecule has 0 saturated heterocycles. The van der Waals surface area contributed by atoms with Crippen LogP contribution in [0.15, 0.2) is 22.8 Å². The molecule has 19 heavy (non-hydrogen) atoms. The van der Waals surface area contributed by atoms with Crippen molar-refractivity contribution in [2.45, 2.75) is 0 Å². The molecule has 0 aliphatic rings. The fraction of sp³-hybridized carbons (Fsp3) is 0.308. The number of nitrogens with one attached hydrogen (secondary N) is 1. The highest BCUT2D eigenvalue weighted by Gasteiger charge is 2.18. The van der Waals surface area contributed by atoms with Crippen LogP contribution in [0.2, 0.25) is 0 Å². The van der Waals surface area contributed by atoms with Gasteiger partial charge >= 0.3 is 0 Å². The van der Waals surface area contributed by atoms with Crippen molar-refractivity contribution in [3.63, 3.8) is 0 Å². The van der Waals surface area contributed by atoms with E-state index < -0.39 is 0 Å². The third kappa shape index (κ3) is 2.42. The van der Waals surface area contributed by atoms with Crippen molar-refractivity contribution < 1.29 is 18.6 Å². The first-order valence-corrected chi connectivity index (χ1v) is 5.67. The minimum atomic E-state index is 0.426. The number of nitrogens with zero attached hydrogens (tertiary/aromatic N) is 1. The number of hydrogen-bond acceptors (Lipinski definition) is 6. The second kappa shape index (κ2) is 5.51. The summed E-state index contributed by atoms with van der Waals surface area (Å²) in [6, 6.07) is 3.96. The van der Waals surface area contributed by atoms with Gasteiger partial charge in [0.25, 0.3) is 6.01 Å². The summed E-state index contributed by atoms with van der Waals surface area (Å²) in [7, 11) is 6.48. The number of rotatable bonds is 5. The first-order valence-electron chi connectivity index (χ1n) is 5.67. The van der Waals surface area contributed by atoms with Gasteiger partial charge in [-0.15, -0.1) is 0 Å². The molecule has 1 N–H and O–H groups in total. The smallest absolute Gasteiger partial charge is 0.294 e. The van der Waals surface area contributed by atoms with Crippen LogP contribution in [-0.4, -0.2) is 33.4 Å². The maximum Gasteiger partial charge on any atom is 0.294 e. The largest absolute Gasteiger partial charge is 0.496 e. The molecule has 1 aromatic carbocycles. The maximum atomic E-state index is 5.37. The van der Waals surface area contributed by atoms with Crippen molar-refractivity contribution in [1.29, 1.82) is 0 Å². The molecule has 102 valence electrons. The summed E-state index contributed by atoms with van der Waals surface area (Å²) in [4.78, 5) is 4.29. The van der Waals surface area contributed by atoms with Gasteiger partial charge in [0.15, 0.2) is 0 Å². The Morgan fingerprint density at radius 2 is 1.68 bits per heavy atom. The van der Waals surface area contributed by atoms with Crippen molar-refractivity contribution in [1.82, 2.24) is 4.98 Å². The Kier molecular flexibility index (Phi) is 3.79. The van der Waals surface area contributed by atoms with Gasteiger partial charge in [-0.2, -0.15) is 4.98 Å². The van der Waals surface area contributed by atoms with E-state index in [2.05, 4.69) is 10.3 Å². The Labute approximate surface area is 111 Å². The Hall–Kier alpha value is -2.37. The number of oxazole rings is 1. The van der Waals surface area contributed by atoms with Gasteiger partial charge in [-0.25, -0.2) is 0 Å². The van der Waals surface area contributed by atoms with Crippen molar-refractivity contribution in [2.24, 2.45) is 0 Å². The van der Waals surface area contributed by atoms with Crippen LogP contribution in [0.5, 0.6) is 17.2 Å². The van der Waals surface area contributed by atoms with E-state index in [1.165, 1.54) is 0 Å². The fourth-order valence-electron chi connectivity index (χ4n) is 1.76. The Morgan fingerprint density at radius 1 is 1.05 bits per heavy atom. The number of hydrogen-bond donors (Lipinski definition) is 1. The quantitative estimate of drug-likeness (QED) is 0.894. The molecular formula is C13H16N2O4. The van der Waals surface area contributed by atoms with E-state index in [4.69, 9.17) is 18.6 Å². The second-order valence-corrected chi connectivity index (χ2v) is 3.69. The van der Waals surface area contributed by atoms with Gasteiger partial charge < -0.3 is 23.9 Å². The Balaban J connectivity index is 2.59. The highest BCUT2D eigenvalue weighted by atomic mass is 16.5. The van der Waals surface area contributed by atoms with Crippen molar-refractivity contribution >= 4 is 6.01 Å². The minimum Gasteiger partial charge on any atom is -0.496 e. The van der Waals surface area contributed by atoms with Gasteiger partial charge in [-0.1, -0.05) is 0 Å². The molecule has 0 bridgehead atoms. The maximum absolute atomic E-state index is 5.37. The van der Waals surface area contributed by atoms with Crippen LogP contribution in [0.3, 0.4) is 0 Å². The summed E-state index contributed by atoms with van der Waals surface area (Å²) < 4.78 is 21.2. The minimum absolute atomic E-state index is 0.426. The van der Waals surface area contributed by atoms with Crippen LogP contribution < -0.4 is 19.5 Å². The molecule has 0 aliphatic carbocycles. The van der Waals surface area contributed by atoms with Crippen LogP contribution >= 0.6 is 0 Å². The van der Waals surface area contributed by atoms with E-state index in [0.29, 0.717) is 29.0 Å². The first kappa shape index (κ1) is 13.1. The molecule has 1 heterocycles. The van der Waals surface area contributed by atoms with E-state index in [-0.39, 0.29) is 0 Å². The summed E-state index contributed by atoms with van der Waals surface area (Å²) in [6.07, 6.45) is 1.54. The zero-order valence-corrected chi connectivity index (χ0v) is 11.3. The van der Waals surface area contributed by atoms with Gasteiger partial charge in [-0.05, 0) is 0 Å². The van der Waals surface area contributed by atoms with E-state index in [0.717, 1.165) is 5.56 Å². The van der Waals surface area contributed by atoms with Gasteiger partial charge in [-0.3, -0.25) is 0 Å². The standard InChI is InChI=1S/C13H16N2O4/c1-14-13-15-9(7-19-13)12-10(17-3)5-8(16-2)6-11(12)18-4/h5-7H,1-4H3,(H,14,15). The summed E-state index contributed by atoms with van der Waals surface area (Å²) in [5.74, 6) is 1.86. The fourth-order valence-corrected chi connectivity index (χ4v) is 1.76. The molecule has 0 atom stereocenters. The average Bonchev–Trinajstić information content (AvgIpc) is 2.94. The second-order valence-electron chi connectivity index (χ2n) is 3.69. The van der Waals surface area contributed by atoms with E-state index in [1.54, 1.807) is 46.8 Å². The summed E-state index contributed by atoms with van der Waals surface area (Å²) in [5.41, 5.74) is 1.34. The van der Waals surface area contributed by atoms with Gasteiger partial charge in [0.05, 0.1) is 26.9 Å². The van der Waals surface area contributed by atoms with E-state index in [1.807, 2.05) is 0 Å². The molecule has 0 saturated carbocycles. The Morgan fingerprint density at radius 3 is 2.11 bits per heavy atom. The van der Waals surface area contributed by atoms with Crippen molar-refractivity contribution in [3.05, 3.63) is 18.4 Å². The topological polar surface area (TPSA) is 65.8 Å². The lowest BCUT2D eigenvalue weighted by atomic mass is 10.1. The number of aromatic nitrogens is 1. The molecule has 2 aromatic rings. The molecular weight excluding hydrogens is 248 g/mol. The summed E-state index contributed by atoms with van der Waals surface area (Å²) in [5, 5.41) is 2.83. The van der Waals surface area contributed by atoms with Crippen molar-refractivity contribution in [3.8, 4) is 28.5 Å². The number of benzene rings is 1. The number of methoxy groups -OCH3 is 3. The first-order chi connectivity index (χ1) is 9.23. The summed E-state index contributed by atoms with van der Waals surface area (Å²) in [6.45, 7) is 0. The normalized spacial score (nSPS) is 10.1. The van der Waals surface area contributed by atoms with Gasteiger partial charge in [0.2, 0.25) is 0 Å². The molecule has 6 nitrogen and oxygen atoms in total. The molecule has 0 amide bonds. The SMILES string of the molecule is CNc1nc(-c2c(OC)cc(OC)cc2OC)co1. The van der Waals surface area contributed by atoms with Crippen molar-refractivity contribution in [2.75, 3.05) is 33.7 Å². The molecule has 2 rings (SSSR count). The van der Waals surface area contributed by atoms with Gasteiger partial charge in [0, 0.05) is 19.2 Å². The predicted octanol–water partition coefficient (Wildman–Crippen LogP) is 2.41. The third-order valence-electron chi connectivity index (χ3n) is 2.69. The van der Waals surface area contributed by atoms with Crippen LogP contribution in [0.4, 0.5) is 6.01 Å². The molecule has 0 spiro atoms. The molecule has 1 aromatic heterocycles. The molecule has 0 aliphatic heterocycles. The molecule has 6 heteroatoms.